The van der Waals surface area contributed by atoms with Gasteiger partial charge in [-0.05, 0) is 42.0 Å². The van der Waals surface area contributed by atoms with Crippen LogP contribution in [0.25, 0.3) is 11.0 Å². The number of benzene rings is 2. The second kappa shape index (κ2) is 5.09. The third kappa shape index (κ3) is 2.64. The number of fused-ring (bicyclic) bond motifs is 1. The van der Waals surface area contributed by atoms with E-state index in [-0.39, 0.29) is 18.1 Å². The molecule has 0 bridgehead atoms. The summed E-state index contributed by atoms with van der Waals surface area (Å²) in [5.41, 5.74) is 2.38. The van der Waals surface area contributed by atoms with Gasteiger partial charge in [0, 0.05) is 11.1 Å². The van der Waals surface area contributed by atoms with Crippen molar-refractivity contribution in [1.29, 1.82) is 0 Å². The van der Waals surface area contributed by atoms with Crippen molar-refractivity contribution in [2.45, 2.75) is 6.42 Å². The van der Waals surface area contributed by atoms with E-state index < -0.39 is 0 Å². The van der Waals surface area contributed by atoms with Gasteiger partial charge in [0.1, 0.15) is 11.3 Å². The molecule has 2 N–H and O–H groups in total. The van der Waals surface area contributed by atoms with Crippen LogP contribution in [0.1, 0.15) is 5.56 Å². The average molecular weight is 267 g/mol. The van der Waals surface area contributed by atoms with Crippen LogP contribution >= 0.6 is 0 Å². The van der Waals surface area contributed by atoms with Gasteiger partial charge in [0.05, 0.1) is 12.7 Å². The van der Waals surface area contributed by atoms with E-state index in [4.69, 9.17) is 4.42 Å². The second-order valence-corrected chi connectivity index (χ2v) is 4.56. The Labute approximate surface area is 115 Å². The van der Waals surface area contributed by atoms with Gasteiger partial charge in [-0.25, -0.2) is 0 Å². The summed E-state index contributed by atoms with van der Waals surface area (Å²) in [4.78, 5) is 11.9. The molecule has 1 heterocycles. The van der Waals surface area contributed by atoms with Crippen LogP contribution in [0.3, 0.4) is 0 Å². The Balaban J connectivity index is 1.70. The van der Waals surface area contributed by atoms with Crippen molar-refractivity contribution in [3.63, 3.8) is 0 Å². The normalized spacial score (nSPS) is 10.6. The second-order valence-electron chi connectivity index (χ2n) is 4.56. The summed E-state index contributed by atoms with van der Waals surface area (Å²) in [6.45, 7) is 0. The maximum atomic E-state index is 11.9. The average Bonchev–Trinajstić information content (AvgIpc) is 2.89. The van der Waals surface area contributed by atoms with Gasteiger partial charge in [0.2, 0.25) is 5.91 Å². The fourth-order valence-electron chi connectivity index (χ4n) is 2.05. The van der Waals surface area contributed by atoms with E-state index in [1.54, 1.807) is 36.6 Å². The maximum Gasteiger partial charge on any atom is 0.228 e. The number of amides is 1. The van der Waals surface area contributed by atoms with Crippen LogP contribution in [0, 0.1) is 0 Å². The third-order valence-electron chi connectivity index (χ3n) is 3.04. The number of hydrogen-bond acceptors (Lipinski definition) is 3. The van der Waals surface area contributed by atoms with E-state index in [2.05, 4.69) is 5.32 Å². The van der Waals surface area contributed by atoms with Crippen molar-refractivity contribution in [3.8, 4) is 5.75 Å². The summed E-state index contributed by atoms with van der Waals surface area (Å²) in [7, 11) is 0. The van der Waals surface area contributed by atoms with Crippen molar-refractivity contribution in [2.75, 3.05) is 5.32 Å². The Kier molecular flexibility index (Phi) is 3.13. The molecule has 0 fully saturated rings. The molecule has 100 valence electrons. The zero-order valence-corrected chi connectivity index (χ0v) is 10.7. The SMILES string of the molecule is O=C(Cc1ccc(O)cc1)Nc1ccc2occc2c1. The molecule has 20 heavy (non-hydrogen) atoms. The highest BCUT2D eigenvalue weighted by Gasteiger charge is 2.05. The Morgan fingerprint density at radius 3 is 2.70 bits per heavy atom. The van der Waals surface area contributed by atoms with Crippen LogP contribution in [0.5, 0.6) is 5.75 Å². The molecule has 1 aromatic heterocycles. The Morgan fingerprint density at radius 2 is 1.90 bits per heavy atom. The first-order valence-electron chi connectivity index (χ1n) is 6.26. The van der Waals surface area contributed by atoms with Gasteiger partial charge in [-0.2, -0.15) is 0 Å². The van der Waals surface area contributed by atoms with E-state index in [0.717, 1.165) is 22.2 Å². The molecule has 4 nitrogen and oxygen atoms in total. The lowest BCUT2D eigenvalue weighted by molar-refractivity contribution is -0.115. The number of phenolic OH excluding ortho intramolecular Hbond substituents is 1. The lowest BCUT2D eigenvalue weighted by atomic mass is 10.1. The molecule has 0 spiro atoms. The van der Waals surface area contributed by atoms with Crippen LogP contribution in [-0.4, -0.2) is 11.0 Å². The van der Waals surface area contributed by atoms with Gasteiger partial charge in [0.25, 0.3) is 0 Å². The van der Waals surface area contributed by atoms with Crippen LogP contribution in [-0.2, 0) is 11.2 Å². The lowest BCUT2D eigenvalue weighted by Crippen LogP contribution is -2.14. The minimum atomic E-state index is -0.0986. The first kappa shape index (κ1) is 12.3. The highest BCUT2D eigenvalue weighted by atomic mass is 16.3. The van der Waals surface area contributed by atoms with E-state index in [1.165, 1.54) is 0 Å². The minimum Gasteiger partial charge on any atom is -0.508 e. The number of anilines is 1. The third-order valence-corrected chi connectivity index (χ3v) is 3.04. The van der Waals surface area contributed by atoms with Gasteiger partial charge in [-0.15, -0.1) is 0 Å². The van der Waals surface area contributed by atoms with Crippen LogP contribution in [0.4, 0.5) is 5.69 Å². The monoisotopic (exact) mass is 267 g/mol. The Morgan fingerprint density at radius 1 is 1.10 bits per heavy atom. The first-order valence-corrected chi connectivity index (χ1v) is 6.26. The van der Waals surface area contributed by atoms with Crippen LogP contribution in [0.2, 0.25) is 0 Å². The number of rotatable bonds is 3. The molecular weight excluding hydrogens is 254 g/mol. The smallest absolute Gasteiger partial charge is 0.228 e. The van der Waals surface area contributed by atoms with Crippen LogP contribution in [0.15, 0.2) is 59.2 Å². The summed E-state index contributed by atoms with van der Waals surface area (Å²) in [6, 6.07) is 14.0. The fraction of sp³-hybridized carbons (Fsp3) is 0.0625. The number of furan rings is 1. The zero-order valence-electron chi connectivity index (χ0n) is 10.7. The fourth-order valence-corrected chi connectivity index (χ4v) is 2.05. The molecule has 3 rings (SSSR count). The van der Waals surface area contributed by atoms with E-state index in [9.17, 15) is 9.90 Å². The molecule has 1 amide bonds. The predicted octanol–water partition coefficient (Wildman–Crippen LogP) is 3.32. The van der Waals surface area contributed by atoms with Crippen LogP contribution < -0.4 is 5.32 Å². The maximum absolute atomic E-state index is 11.9. The first-order chi connectivity index (χ1) is 9.70. The number of nitrogens with one attached hydrogen (secondary N) is 1. The minimum absolute atomic E-state index is 0.0986. The molecule has 0 saturated heterocycles. The molecule has 0 radical (unpaired) electrons. The van der Waals surface area contributed by atoms with Crippen molar-refractivity contribution in [2.24, 2.45) is 0 Å². The topological polar surface area (TPSA) is 62.5 Å². The molecule has 0 aliphatic heterocycles. The molecule has 0 saturated carbocycles. The highest BCUT2D eigenvalue weighted by molar-refractivity contribution is 5.94. The van der Waals surface area contributed by atoms with E-state index in [1.807, 2.05) is 18.2 Å². The number of carbonyl (C=O) groups excluding carboxylic acids is 1. The Hall–Kier alpha value is -2.75. The molecule has 0 aliphatic carbocycles. The van der Waals surface area contributed by atoms with Crippen molar-refractivity contribution in [3.05, 3.63) is 60.4 Å². The van der Waals surface area contributed by atoms with Gasteiger partial charge < -0.3 is 14.8 Å². The van der Waals surface area contributed by atoms with Gasteiger partial charge in [0.15, 0.2) is 0 Å². The zero-order chi connectivity index (χ0) is 13.9. The summed E-state index contributed by atoms with van der Waals surface area (Å²) in [5, 5.41) is 13.0. The predicted molar refractivity (Wildman–Crippen MR) is 76.7 cm³/mol. The number of hydrogen-bond donors (Lipinski definition) is 2. The van der Waals surface area contributed by atoms with Crippen molar-refractivity contribution in [1.82, 2.24) is 0 Å². The largest absolute Gasteiger partial charge is 0.508 e. The van der Waals surface area contributed by atoms with Gasteiger partial charge >= 0.3 is 0 Å². The van der Waals surface area contributed by atoms with Gasteiger partial charge in [-0.1, -0.05) is 12.1 Å². The Bertz CT molecular complexity index is 744. The van der Waals surface area contributed by atoms with E-state index >= 15 is 0 Å². The number of carbonyl (C=O) groups is 1. The highest BCUT2D eigenvalue weighted by Crippen LogP contribution is 2.20. The van der Waals surface area contributed by atoms with Crippen molar-refractivity contribution < 1.29 is 14.3 Å². The number of phenols is 1. The lowest BCUT2D eigenvalue weighted by Gasteiger charge is -2.05. The van der Waals surface area contributed by atoms with Crippen molar-refractivity contribution >= 4 is 22.6 Å². The standard InChI is InChI=1S/C16H13NO3/c18-14-4-1-11(2-5-14)9-16(19)17-13-3-6-15-12(10-13)7-8-20-15/h1-8,10,18H,9H2,(H,17,19). The molecule has 0 aliphatic rings. The molecule has 0 unspecified atom stereocenters. The number of aromatic hydroxyl groups is 1. The summed E-state index contributed by atoms with van der Waals surface area (Å²) < 4.78 is 5.25. The van der Waals surface area contributed by atoms with E-state index in [0.29, 0.717) is 0 Å². The van der Waals surface area contributed by atoms with Gasteiger partial charge in [-0.3, -0.25) is 4.79 Å². The molecular formula is C16H13NO3. The quantitative estimate of drug-likeness (QED) is 0.765. The molecule has 4 heteroatoms. The summed E-state index contributed by atoms with van der Waals surface area (Å²) in [5.74, 6) is 0.0955. The summed E-state index contributed by atoms with van der Waals surface area (Å²) >= 11 is 0. The molecule has 2 aromatic carbocycles. The summed E-state index contributed by atoms with van der Waals surface area (Å²) in [6.07, 6.45) is 1.89. The molecule has 3 aromatic rings. The molecule has 0 atom stereocenters.